The van der Waals surface area contributed by atoms with Crippen molar-refractivity contribution in [3.05, 3.63) is 54.1 Å². The maximum atomic E-state index is 12.2. The minimum absolute atomic E-state index is 0.00875. The number of carbonyl (C=O) groups is 1. The first-order valence-corrected chi connectivity index (χ1v) is 9.03. The van der Waals surface area contributed by atoms with E-state index in [2.05, 4.69) is 16.6 Å². The van der Waals surface area contributed by atoms with E-state index in [1.807, 2.05) is 0 Å². The molecule has 0 saturated carbocycles. The fourth-order valence-electron chi connectivity index (χ4n) is 2.01. The first-order chi connectivity index (χ1) is 12.4. The Hall–Kier alpha value is -3.02. The van der Waals surface area contributed by atoms with Gasteiger partial charge in [-0.25, -0.2) is 8.42 Å². The summed E-state index contributed by atoms with van der Waals surface area (Å²) >= 11 is 0. The van der Waals surface area contributed by atoms with E-state index in [-0.39, 0.29) is 23.6 Å². The van der Waals surface area contributed by atoms with E-state index in [4.69, 9.17) is 15.2 Å². The number of amides is 1. The van der Waals surface area contributed by atoms with Crippen LogP contribution in [0.1, 0.15) is 10.4 Å². The standard InChI is InChI=1S/C18H18N2O5S/c1-24-14-7-6-8-15(13-14)26(22,23)20-11-4-5-12-25-17-10-3-2-9-16(17)18(19)21/h2-3,6-10,13,20H,11-12H2,1H3,(H2,19,21). The lowest BCUT2D eigenvalue weighted by Crippen LogP contribution is -2.24. The van der Waals surface area contributed by atoms with E-state index in [0.717, 1.165) is 0 Å². The Morgan fingerprint density at radius 1 is 1.15 bits per heavy atom. The van der Waals surface area contributed by atoms with Crippen molar-refractivity contribution in [2.45, 2.75) is 4.90 Å². The number of hydrogen-bond acceptors (Lipinski definition) is 5. The summed E-state index contributed by atoms with van der Waals surface area (Å²) in [6.07, 6.45) is 0. The molecule has 0 fully saturated rings. The Balaban J connectivity index is 1.90. The molecule has 8 heteroatoms. The Labute approximate surface area is 152 Å². The number of para-hydroxylation sites is 1. The van der Waals surface area contributed by atoms with Gasteiger partial charge in [0, 0.05) is 6.07 Å². The van der Waals surface area contributed by atoms with E-state index in [9.17, 15) is 13.2 Å². The van der Waals surface area contributed by atoms with Gasteiger partial charge in [0.25, 0.3) is 5.91 Å². The van der Waals surface area contributed by atoms with Crippen LogP contribution in [0, 0.1) is 11.8 Å². The number of ether oxygens (including phenoxy) is 2. The van der Waals surface area contributed by atoms with Crippen LogP contribution < -0.4 is 19.9 Å². The lowest BCUT2D eigenvalue weighted by molar-refractivity contribution is 0.0997. The first kappa shape index (κ1) is 19.3. The van der Waals surface area contributed by atoms with E-state index < -0.39 is 15.9 Å². The lowest BCUT2D eigenvalue weighted by atomic mass is 10.2. The number of carbonyl (C=O) groups excluding carboxylic acids is 1. The van der Waals surface area contributed by atoms with Crippen LogP contribution in [0.5, 0.6) is 11.5 Å². The van der Waals surface area contributed by atoms with Crippen molar-refractivity contribution in [1.29, 1.82) is 0 Å². The number of sulfonamides is 1. The van der Waals surface area contributed by atoms with Gasteiger partial charge >= 0.3 is 0 Å². The zero-order valence-corrected chi connectivity index (χ0v) is 14.9. The molecule has 0 aromatic heterocycles. The van der Waals surface area contributed by atoms with Crippen molar-refractivity contribution in [3.63, 3.8) is 0 Å². The molecule has 2 rings (SSSR count). The van der Waals surface area contributed by atoms with Crippen LogP contribution in [0.3, 0.4) is 0 Å². The maximum Gasteiger partial charge on any atom is 0.252 e. The first-order valence-electron chi connectivity index (χ1n) is 7.55. The third kappa shape index (κ3) is 5.24. The zero-order valence-electron chi connectivity index (χ0n) is 14.1. The van der Waals surface area contributed by atoms with Gasteiger partial charge in [-0.3, -0.25) is 4.79 Å². The summed E-state index contributed by atoms with van der Waals surface area (Å²) in [7, 11) is -2.23. The molecule has 0 aliphatic rings. The van der Waals surface area contributed by atoms with Crippen molar-refractivity contribution in [2.24, 2.45) is 5.73 Å². The molecule has 0 saturated heterocycles. The predicted molar refractivity (Wildman–Crippen MR) is 96.4 cm³/mol. The molecule has 0 aliphatic heterocycles. The minimum atomic E-state index is -3.68. The number of primary amides is 1. The summed E-state index contributed by atoms with van der Waals surface area (Å²) in [4.78, 5) is 11.4. The minimum Gasteiger partial charge on any atom is -0.497 e. The second kappa shape index (κ2) is 8.89. The van der Waals surface area contributed by atoms with Crippen LogP contribution in [0.15, 0.2) is 53.4 Å². The predicted octanol–water partition coefficient (Wildman–Crippen LogP) is 1.15. The molecule has 26 heavy (non-hydrogen) atoms. The molecule has 1 amide bonds. The molecular formula is C18H18N2O5S. The molecule has 0 radical (unpaired) electrons. The van der Waals surface area contributed by atoms with Crippen molar-refractivity contribution in [2.75, 3.05) is 20.3 Å². The van der Waals surface area contributed by atoms with E-state index >= 15 is 0 Å². The molecule has 0 heterocycles. The van der Waals surface area contributed by atoms with Crippen LogP contribution in [-0.4, -0.2) is 34.6 Å². The van der Waals surface area contributed by atoms with Gasteiger partial charge in [0.05, 0.1) is 24.1 Å². The molecule has 0 spiro atoms. The highest BCUT2D eigenvalue weighted by Gasteiger charge is 2.13. The average molecular weight is 374 g/mol. The molecule has 136 valence electrons. The third-order valence-electron chi connectivity index (χ3n) is 3.28. The second-order valence-electron chi connectivity index (χ2n) is 5.01. The van der Waals surface area contributed by atoms with Gasteiger partial charge in [0.15, 0.2) is 0 Å². The smallest absolute Gasteiger partial charge is 0.252 e. The number of hydrogen-bond donors (Lipinski definition) is 2. The summed E-state index contributed by atoms with van der Waals surface area (Å²) in [5.41, 5.74) is 5.51. The lowest BCUT2D eigenvalue weighted by Gasteiger charge is -2.06. The Bertz CT molecular complexity index is 945. The fraction of sp³-hybridized carbons (Fsp3) is 0.167. The summed E-state index contributed by atoms with van der Waals surface area (Å²) in [5.74, 6) is 5.49. The quantitative estimate of drug-likeness (QED) is 0.707. The number of methoxy groups -OCH3 is 1. The summed E-state index contributed by atoms with van der Waals surface area (Å²) in [6, 6.07) is 12.6. The Morgan fingerprint density at radius 3 is 2.65 bits per heavy atom. The summed E-state index contributed by atoms with van der Waals surface area (Å²) in [5, 5.41) is 0. The average Bonchev–Trinajstić information content (AvgIpc) is 2.64. The molecule has 0 bridgehead atoms. The van der Waals surface area contributed by atoms with E-state index in [1.54, 1.807) is 36.4 Å². The zero-order chi connectivity index (χ0) is 19.0. The normalized spacial score (nSPS) is 10.5. The van der Waals surface area contributed by atoms with Crippen LogP contribution >= 0.6 is 0 Å². The van der Waals surface area contributed by atoms with Gasteiger partial charge in [0.2, 0.25) is 10.0 Å². The van der Waals surface area contributed by atoms with Crippen LogP contribution in [0.4, 0.5) is 0 Å². The number of nitrogens with one attached hydrogen (secondary N) is 1. The van der Waals surface area contributed by atoms with Gasteiger partial charge in [0.1, 0.15) is 18.1 Å². The highest BCUT2D eigenvalue weighted by Crippen LogP contribution is 2.17. The Morgan fingerprint density at radius 2 is 1.92 bits per heavy atom. The monoisotopic (exact) mass is 374 g/mol. The molecule has 2 aromatic carbocycles. The number of nitrogens with two attached hydrogens (primary N) is 1. The topological polar surface area (TPSA) is 108 Å². The second-order valence-corrected chi connectivity index (χ2v) is 6.77. The number of rotatable bonds is 7. The molecule has 0 unspecified atom stereocenters. The van der Waals surface area contributed by atoms with Gasteiger partial charge in [-0.15, -0.1) is 0 Å². The van der Waals surface area contributed by atoms with Crippen molar-refractivity contribution in [3.8, 4) is 23.3 Å². The van der Waals surface area contributed by atoms with Gasteiger partial charge in [-0.1, -0.05) is 30.0 Å². The largest absolute Gasteiger partial charge is 0.497 e. The summed E-state index contributed by atoms with van der Waals surface area (Å²) in [6.45, 7) is -0.0917. The SMILES string of the molecule is COc1cccc(S(=O)(=O)NCC#CCOc2ccccc2C(N)=O)c1. The van der Waals surface area contributed by atoms with Crippen LogP contribution in [-0.2, 0) is 10.0 Å². The fourth-order valence-corrected chi connectivity index (χ4v) is 2.96. The molecule has 0 atom stereocenters. The Kier molecular flexibility index (Phi) is 6.60. The van der Waals surface area contributed by atoms with Gasteiger partial charge in [-0.2, -0.15) is 4.72 Å². The highest BCUT2D eigenvalue weighted by atomic mass is 32.2. The molecule has 0 aliphatic carbocycles. The van der Waals surface area contributed by atoms with Crippen molar-refractivity contribution >= 4 is 15.9 Å². The maximum absolute atomic E-state index is 12.2. The van der Waals surface area contributed by atoms with E-state index in [1.165, 1.54) is 19.2 Å². The third-order valence-corrected chi connectivity index (χ3v) is 4.68. The molecule has 3 N–H and O–H groups in total. The molecule has 2 aromatic rings. The van der Waals surface area contributed by atoms with E-state index in [0.29, 0.717) is 11.5 Å². The van der Waals surface area contributed by atoms with Crippen LogP contribution in [0.25, 0.3) is 0 Å². The van der Waals surface area contributed by atoms with Crippen LogP contribution in [0.2, 0.25) is 0 Å². The van der Waals surface area contributed by atoms with Crippen molar-refractivity contribution < 1.29 is 22.7 Å². The summed E-state index contributed by atoms with van der Waals surface area (Å²) < 4.78 is 37.1. The van der Waals surface area contributed by atoms with Gasteiger partial charge in [-0.05, 0) is 24.3 Å². The van der Waals surface area contributed by atoms with Gasteiger partial charge < -0.3 is 15.2 Å². The molecular weight excluding hydrogens is 356 g/mol. The highest BCUT2D eigenvalue weighted by molar-refractivity contribution is 7.89. The number of benzene rings is 2. The molecule has 7 nitrogen and oxygen atoms in total. The van der Waals surface area contributed by atoms with Crippen molar-refractivity contribution in [1.82, 2.24) is 4.72 Å².